The van der Waals surface area contributed by atoms with Gasteiger partial charge in [-0.15, -0.1) is 16.4 Å². The second kappa shape index (κ2) is 4.36. The smallest absolute Gasteiger partial charge is 0.269 e. The van der Waals surface area contributed by atoms with Crippen LogP contribution in [0.1, 0.15) is 25.9 Å². The topological polar surface area (TPSA) is 81.8 Å². The summed E-state index contributed by atoms with van der Waals surface area (Å²) in [6, 6.07) is 1.75. The third-order valence-corrected chi connectivity index (χ3v) is 2.98. The number of amides is 1. The fourth-order valence-electron chi connectivity index (χ4n) is 1.38. The third-order valence-electron chi connectivity index (χ3n) is 2.07. The molecule has 0 radical (unpaired) electrons. The predicted molar refractivity (Wildman–Crippen MR) is 60.2 cm³/mol. The van der Waals surface area contributed by atoms with E-state index in [1.54, 1.807) is 29.8 Å². The SMILES string of the molecule is Cc1ncc(Cc2ccnnc2C(N)=O)s1. The second-order valence-corrected chi connectivity index (χ2v) is 4.61. The van der Waals surface area contributed by atoms with Crippen molar-refractivity contribution >= 4 is 17.2 Å². The number of primary amides is 1. The van der Waals surface area contributed by atoms with Gasteiger partial charge in [-0.05, 0) is 18.6 Å². The number of nitrogens with two attached hydrogens (primary N) is 1. The molecule has 0 bridgehead atoms. The van der Waals surface area contributed by atoms with Gasteiger partial charge in [0.2, 0.25) is 0 Å². The first-order valence-corrected chi connectivity index (χ1v) is 5.50. The quantitative estimate of drug-likeness (QED) is 0.856. The molecule has 2 heterocycles. The first kappa shape index (κ1) is 10.7. The van der Waals surface area contributed by atoms with Gasteiger partial charge in [0.15, 0.2) is 5.69 Å². The number of thiazole rings is 1. The Morgan fingerprint density at radius 1 is 1.56 bits per heavy atom. The van der Waals surface area contributed by atoms with Gasteiger partial charge in [-0.2, -0.15) is 5.10 Å². The van der Waals surface area contributed by atoms with E-state index < -0.39 is 5.91 Å². The molecule has 16 heavy (non-hydrogen) atoms. The van der Waals surface area contributed by atoms with Gasteiger partial charge < -0.3 is 5.73 Å². The van der Waals surface area contributed by atoms with E-state index in [4.69, 9.17) is 5.73 Å². The molecule has 0 atom stereocenters. The average molecular weight is 234 g/mol. The van der Waals surface area contributed by atoms with Crippen molar-refractivity contribution in [3.8, 4) is 0 Å². The predicted octanol–water partition coefficient (Wildman–Crippen LogP) is 0.931. The van der Waals surface area contributed by atoms with E-state index >= 15 is 0 Å². The number of hydrogen-bond donors (Lipinski definition) is 1. The monoisotopic (exact) mass is 234 g/mol. The summed E-state index contributed by atoms with van der Waals surface area (Å²) in [4.78, 5) is 16.4. The van der Waals surface area contributed by atoms with Gasteiger partial charge in [0.1, 0.15) is 0 Å². The second-order valence-electron chi connectivity index (χ2n) is 3.29. The van der Waals surface area contributed by atoms with E-state index in [1.807, 2.05) is 6.92 Å². The lowest BCUT2D eigenvalue weighted by atomic mass is 10.1. The molecule has 0 unspecified atom stereocenters. The van der Waals surface area contributed by atoms with Crippen molar-refractivity contribution in [2.45, 2.75) is 13.3 Å². The van der Waals surface area contributed by atoms with Crippen molar-refractivity contribution < 1.29 is 4.79 Å². The van der Waals surface area contributed by atoms with Crippen LogP contribution in [0.3, 0.4) is 0 Å². The van der Waals surface area contributed by atoms with Crippen LogP contribution in [0.25, 0.3) is 0 Å². The highest BCUT2D eigenvalue weighted by Crippen LogP contribution is 2.17. The molecule has 0 aliphatic rings. The van der Waals surface area contributed by atoms with Crippen LogP contribution in [-0.2, 0) is 6.42 Å². The number of aromatic nitrogens is 3. The summed E-state index contributed by atoms with van der Waals surface area (Å²) < 4.78 is 0. The van der Waals surface area contributed by atoms with Crippen LogP contribution in [0.5, 0.6) is 0 Å². The molecule has 5 nitrogen and oxygen atoms in total. The molecule has 2 rings (SSSR count). The first-order valence-electron chi connectivity index (χ1n) is 4.68. The van der Waals surface area contributed by atoms with Gasteiger partial charge >= 0.3 is 0 Å². The summed E-state index contributed by atoms with van der Waals surface area (Å²) in [6.07, 6.45) is 3.96. The lowest BCUT2D eigenvalue weighted by Gasteiger charge is -2.01. The number of carbonyl (C=O) groups excluding carboxylic acids is 1. The van der Waals surface area contributed by atoms with Gasteiger partial charge in [0.25, 0.3) is 5.91 Å². The minimum absolute atomic E-state index is 0.230. The van der Waals surface area contributed by atoms with Crippen LogP contribution in [0, 0.1) is 6.92 Å². The maximum absolute atomic E-state index is 11.1. The minimum atomic E-state index is -0.552. The molecule has 0 aliphatic heterocycles. The molecule has 0 aliphatic carbocycles. The van der Waals surface area contributed by atoms with Crippen molar-refractivity contribution in [2.24, 2.45) is 5.73 Å². The highest BCUT2D eigenvalue weighted by molar-refractivity contribution is 7.11. The fourth-order valence-corrected chi connectivity index (χ4v) is 2.20. The summed E-state index contributed by atoms with van der Waals surface area (Å²) >= 11 is 1.59. The molecule has 0 fully saturated rings. The normalized spacial score (nSPS) is 10.3. The fraction of sp³-hybridized carbons (Fsp3) is 0.200. The average Bonchev–Trinajstić information content (AvgIpc) is 2.64. The molecule has 0 aromatic carbocycles. The molecule has 0 saturated heterocycles. The number of aryl methyl sites for hydroxylation is 1. The Labute approximate surface area is 96.4 Å². The zero-order valence-corrected chi connectivity index (χ0v) is 9.49. The van der Waals surface area contributed by atoms with Crippen LogP contribution < -0.4 is 5.73 Å². The lowest BCUT2D eigenvalue weighted by Crippen LogP contribution is -2.16. The van der Waals surface area contributed by atoms with Crippen molar-refractivity contribution in [1.82, 2.24) is 15.2 Å². The number of carbonyl (C=O) groups is 1. The highest BCUT2D eigenvalue weighted by atomic mass is 32.1. The van der Waals surface area contributed by atoms with Crippen molar-refractivity contribution in [3.05, 3.63) is 39.6 Å². The van der Waals surface area contributed by atoms with E-state index in [-0.39, 0.29) is 5.69 Å². The Hall–Kier alpha value is -1.82. The van der Waals surface area contributed by atoms with Crippen molar-refractivity contribution in [2.75, 3.05) is 0 Å². The Morgan fingerprint density at radius 3 is 3.00 bits per heavy atom. The molecule has 6 heteroatoms. The van der Waals surface area contributed by atoms with Crippen LogP contribution in [0.4, 0.5) is 0 Å². The van der Waals surface area contributed by atoms with Gasteiger partial charge in [-0.25, -0.2) is 4.98 Å². The Bertz CT molecular complexity index is 523. The van der Waals surface area contributed by atoms with Gasteiger partial charge in [-0.3, -0.25) is 4.79 Å². The third kappa shape index (κ3) is 2.22. The first-order chi connectivity index (χ1) is 7.66. The highest BCUT2D eigenvalue weighted by Gasteiger charge is 2.11. The molecular weight excluding hydrogens is 224 g/mol. The standard InChI is InChI=1S/C10H10N4OS/c1-6-12-5-8(16-6)4-7-2-3-13-14-9(7)10(11)15/h2-3,5H,4H2,1H3,(H2,11,15). The maximum Gasteiger partial charge on any atom is 0.269 e. The van der Waals surface area contributed by atoms with E-state index in [2.05, 4.69) is 15.2 Å². The summed E-state index contributed by atoms with van der Waals surface area (Å²) in [6.45, 7) is 1.94. The van der Waals surface area contributed by atoms with Gasteiger partial charge in [0, 0.05) is 23.7 Å². The summed E-state index contributed by atoms with van der Waals surface area (Å²) in [5.74, 6) is -0.552. The summed E-state index contributed by atoms with van der Waals surface area (Å²) in [5, 5.41) is 8.39. The van der Waals surface area contributed by atoms with Gasteiger partial charge in [0.05, 0.1) is 5.01 Å². The van der Waals surface area contributed by atoms with E-state index in [1.165, 1.54) is 0 Å². The number of rotatable bonds is 3. The van der Waals surface area contributed by atoms with Gasteiger partial charge in [-0.1, -0.05) is 0 Å². The zero-order valence-electron chi connectivity index (χ0n) is 8.67. The van der Waals surface area contributed by atoms with E-state index in [0.29, 0.717) is 6.42 Å². The van der Waals surface area contributed by atoms with E-state index in [9.17, 15) is 4.79 Å². The van der Waals surface area contributed by atoms with Crippen molar-refractivity contribution in [3.63, 3.8) is 0 Å². The Kier molecular flexibility index (Phi) is 2.91. The van der Waals surface area contributed by atoms with Crippen LogP contribution in [0.15, 0.2) is 18.5 Å². The zero-order chi connectivity index (χ0) is 11.5. The van der Waals surface area contributed by atoms with Crippen LogP contribution in [0.2, 0.25) is 0 Å². The Morgan fingerprint density at radius 2 is 2.38 bits per heavy atom. The molecule has 2 aromatic heterocycles. The van der Waals surface area contributed by atoms with Crippen LogP contribution in [-0.4, -0.2) is 21.1 Å². The number of nitrogens with zero attached hydrogens (tertiary/aromatic N) is 3. The summed E-state index contributed by atoms with van der Waals surface area (Å²) in [7, 11) is 0. The molecule has 0 spiro atoms. The number of hydrogen-bond acceptors (Lipinski definition) is 5. The molecule has 0 saturated carbocycles. The Balaban J connectivity index is 2.31. The molecule has 82 valence electrons. The lowest BCUT2D eigenvalue weighted by molar-refractivity contribution is 0.0993. The molecular formula is C10H10N4OS. The largest absolute Gasteiger partial charge is 0.364 e. The van der Waals surface area contributed by atoms with Crippen LogP contribution >= 0.6 is 11.3 Å². The molecule has 2 N–H and O–H groups in total. The molecule has 2 aromatic rings. The molecule has 1 amide bonds. The maximum atomic E-state index is 11.1. The minimum Gasteiger partial charge on any atom is -0.364 e. The van der Waals surface area contributed by atoms with Crippen molar-refractivity contribution in [1.29, 1.82) is 0 Å². The van der Waals surface area contributed by atoms with E-state index in [0.717, 1.165) is 15.4 Å². The summed E-state index contributed by atoms with van der Waals surface area (Å²) in [5.41, 5.74) is 6.23.